The van der Waals surface area contributed by atoms with Gasteiger partial charge in [-0.3, -0.25) is 9.69 Å². The van der Waals surface area contributed by atoms with Crippen LogP contribution in [0.4, 0.5) is 0 Å². The van der Waals surface area contributed by atoms with Crippen molar-refractivity contribution < 1.29 is 19.0 Å². The van der Waals surface area contributed by atoms with Crippen molar-refractivity contribution in [1.29, 1.82) is 0 Å². The van der Waals surface area contributed by atoms with Crippen LogP contribution in [-0.4, -0.2) is 57.0 Å². The quantitative estimate of drug-likeness (QED) is 0.258. The minimum Gasteiger partial charge on any atom is -0.493 e. The van der Waals surface area contributed by atoms with Gasteiger partial charge in [-0.1, -0.05) is 42.5 Å². The molecular formula is C25H26IN3O4. The molecule has 1 saturated heterocycles. The zero-order valence-corrected chi connectivity index (χ0v) is 20.6. The molecule has 1 heterocycles. The minimum atomic E-state index is -0.148. The SMILES string of the molecule is COc1cc(/C=N\NC(=O)CN2CCOCC2)cc(I)c1OCc1cccc2ccccc12. The van der Waals surface area contributed by atoms with Gasteiger partial charge < -0.3 is 14.2 Å². The van der Waals surface area contributed by atoms with Gasteiger partial charge in [0, 0.05) is 13.1 Å². The maximum Gasteiger partial charge on any atom is 0.254 e. The predicted octanol–water partition coefficient (Wildman–Crippen LogP) is 3.81. The normalized spacial score (nSPS) is 14.5. The van der Waals surface area contributed by atoms with Crippen molar-refractivity contribution >= 4 is 45.5 Å². The second-order valence-corrected chi connectivity index (χ2v) is 8.80. The van der Waals surface area contributed by atoms with Gasteiger partial charge in [-0.2, -0.15) is 5.10 Å². The molecule has 3 aromatic carbocycles. The minimum absolute atomic E-state index is 0.148. The number of hydrazone groups is 1. The third-order valence-corrected chi connectivity index (χ3v) is 6.18. The molecule has 4 rings (SSSR count). The lowest BCUT2D eigenvalue weighted by molar-refractivity contribution is -0.123. The molecule has 1 N–H and O–H groups in total. The highest BCUT2D eigenvalue weighted by molar-refractivity contribution is 14.1. The third-order valence-electron chi connectivity index (χ3n) is 5.38. The molecular weight excluding hydrogens is 533 g/mol. The highest BCUT2D eigenvalue weighted by Crippen LogP contribution is 2.34. The molecule has 1 amide bonds. The molecule has 0 saturated carbocycles. The van der Waals surface area contributed by atoms with Gasteiger partial charge in [0.15, 0.2) is 11.5 Å². The highest BCUT2D eigenvalue weighted by Gasteiger charge is 2.14. The first-order valence-electron chi connectivity index (χ1n) is 10.7. The second-order valence-electron chi connectivity index (χ2n) is 7.64. The molecule has 1 aliphatic rings. The van der Waals surface area contributed by atoms with E-state index in [1.165, 1.54) is 10.8 Å². The fraction of sp³-hybridized carbons (Fsp3) is 0.280. The van der Waals surface area contributed by atoms with Gasteiger partial charge in [-0.05, 0) is 56.6 Å². The summed E-state index contributed by atoms with van der Waals surface area (Å²) in [5.74, 6) is 1.15. The first-order valence-corrected chi connectivity index (χ1v) is 11.8. The second kappa shape index (κ2) is 11.4. The number of nitrogens with zero attached hydrogens (tertiary/aromatic N) is 2. The summed E-state index contributed by atoms with van der Waals surface area (Å²) in [5, 5.41) is 6.45. The van der Waals surface area contributed by atoms with Gasteiger partial charge >= 0.3 is 0 Å². The molecule has 0 spiro atoms. The van der Waals surface area contributed by atoms with Gasteiger partial charge in [0.1, 0.15) is 6.61 Å². The van der Waals surface area contributed by atoms with Gasteiger partial charge in [-0.15, -0.1) is 0 Å². The van der Waals surface area contributed by atoms with Crippen molar-refractivity contribution in [3.63, 3.8) is 0 Å². The first kappa shape index (κ1) is 23.5. The number of halogens is 1. The van der Waals surface area contributed by atoms with Gasteiger partial charge in [0.05, 0.1) is 36.7 Å². The molecule has 1 aliphatic heterocycles. The number of nitrogens with one attached hydrogen (secondary N) is 1. The molecule has 33 heavy (non-hydrogen) atoms. The summed E-state index contributed by atoms with van der Waals surface area (Å²) in [5.41, 5.74) is 4.50. The molecule has 0 radical (unpaired) electrons. The Morgan fingerprint density at radius 2 is 1.97 bits per heavy atom. The maximum atomic E-state index is 12.1. The Morgan fingerprint density at radius 3 is 2.79 bits per heavy atom. The number of benzene rings is 3. The molecule has 0 aliphatic carbocycles. The van der Waals surface area contributed by atoms with Crippen molar-refractivity contribution in [2.45, 2.75) is 6.61 Å². The van der Waals surface area contributed by atoms with Crippen LogP contribution in [0.25, 0.3) is 10.8 Å². The Morgan fingerprint density at radius 1 is 1.18 bits per heavy atom. The number of hydrogen-bond acceptors (Lipinski definition) is 6. The summed E-state index contributed by atoms with van der Waals surface area (Å²) in [6, 6.07) is 18.3. The van der Waals surface area contributed by atoms with Crippen LogP contribution in [0.1, 0.15) is 11.1 Å². The summed E-state index contributed by atoms with van der Waals surface area (Å²) in [4.78, 5) is 14.1. The van der Waals surface area contributed by atoms with E-state index in [2.05, 4.69) is 57.4 Å². The summed E-state index contributed by atoms with van der Waals surface area (Å²) in [7, 11) is 1.61. The van der Waals surface area contributed by atoms with Crippen LogP contribution in [0, 0.1) is 3.57 Å². The van der Waals surface area contributed by atoms with Crippen LogP contribution in [0.2, 0.25) is 0 Å². The van der Waals surface area contributed by atoms with E-state index < -0.39 is 0 Å². The number of methoxy groups -OCH3 is 1. The molecule has 0 atom stereocenters. The Kier molecular flexibility index (Phi) is 8.14. The smallest absolute Gasteiger partial charge is 0.254 e. The van der Waals surface area contributed by atoms with Crippen LogP contribution in [0.15, 0.2) is 59.7 Å². The summed E-state index contributed by atoms with van der Waals surface area (Å²) < 4.78 is 17.9. The fourth-order valence-corrected chi connectivity index (χ4v) is 4.48. The van der Waals surface area contributed by atoms with E-state index in [-0.39, 0.29) is 5.91 Å². The third kappa shape index (κ3) is 6.21. The van der Waals surface area contributed by atoms with E-state index in [9.17, 15) is 4.79 Å². The summed E-state index contributed by atoms with van der Waals surface area (Å²) in [6.07, 6.45) is 1.61. The predicted molar refractivity (Wildman–Crippen MR) is 137 cm³/mol. The van der Waals surface area contributed by atoms with Gasteiger partial charge in [0.2, 0.25) is 0 Å². The molecule has 1 fully saturated rings. The molecule has 0 aromatic heterocycles. The lowest BCUT2D eigenvalue weighted by Crippen LogP contribution is -2.42. The zero-order chi connectivity index (χ0) is 23.0. The van der Waals surface area contributed by atoms with Crippen LogP contribution in [0.5, 0.6) is 11.5 Å². The topological polar surface area (TPSA) is 72.4 Å². The molecule has 172 valence electrons. The maximum absolute atomic E-state index is 12.1. The summed E-state index contributed by atoms with van der Waals surface area (Å²) >= 11 is 2.22. The zero-order valence-electron chi connectivity index (χ0n) is 18.4. The highest BCUT2D eigenvalue weighted by atomic mass is 127. The monoisotopic (exact) mass is 559 g/mol. The van der Waals surface area contributed by atoms with E-state index in [0.29, 0.717) is 37.9 Å². The summed E-state index contributed by atoms with van der Waals surface area (Å²) in [6.45, 7) is 3.56. The molecule has 0 unspecified atom stereocenters. The fourth-order valence-electron chi connectivity index (χ4n) is 3.70. The number of carbonyl (C=O) groups excluding carboxylic acids is 1. The Labute approximate surface area is 206 Å². The van der Waals surface area contributed by atoms with E-state index in [4.69, 9.17) is 14.2 Å². The average Bonchev–Trinajstić information content (AvgIpc) is 2.83. The Bertz CT molecular complexity index is 1140. The largest absolute Gasteiger partial charge is 0.493 e. The molecule has 8 heteroatoms. The first-order chi connectivity index (χ1) is 16.1. The Balaban J connectivity index is 1.41. The van der Waals surface area contributed by atoms with Crippen molar-refractivity contribution in [2.24, 2.45) is 5.10 Å². The number of carbonyl (C=O) groups is 1. The van der Waals surface area contributed by atoms with Gasteiger partial charge in [0.25, 0.3) is 5.91 Å². The molecule has 3 aromatic rings. The van der Waals surface area contributed by atoms with Gasteiger partial charge in [-0.25, -0.2) is 5.43 Å². The number of rotatable bonds is 8. The number of morpholine rings is 1. The van der Waals surface area contributed by atoms with Crippen molar-refractivity contribution in [3.8, 4) is 11.5 Å². The van der Waals surface area contributed by atoms with Crippen LogP contribution in [-0.2, 0) is 16.1 Å². The van der Waals surface area contributed by atoms with Crippen molar-refractivity contribution in [2.75, 3.05) is 40.0 Å². The van der Waals surface area contributed by atoms with E-state index in [1.807, 2.05) is 35.2 Å². The van der Waals surface area contributed by atoms with E-state index in [0.717, 1.165) is 27.8 Å². The van der Waals surface area contributed by atoms with Crippen LogP contribution in [0.3, 0.4) is 0 Å². The lowest BCUT2D eigenvalue weighted by Gasteiger charge is -2.25. The van der Waals surface area contributed by atoms with Crippen molar-refractivity contribution in [1.82, 2.24) is 10.3 Å². The van der Waals surface area contributed by atoms with E-state index >= 15 is 0 Å². The lowest BCUT2D eigenvalue weighted by atomic mass is 10.1. The standard InChI is InChI=1S/C25H26IN3O4/c1-31-23-14-18(15-27-28-24(30)16-29-9-11-32-12-10-29)13-22(26)25(23)33-17-20-7-4-6-19-5-2-3-8-21(19)20/h2-8,13-15H,9-12,16-17H2,1H3,(H,28,30)/b27-15-. The van der Waals surface area contributed by atoms with Crippen molar-refractivity contribution in [3.05, 3.63) is 69.3 Å². The number of hydrogen-bond donors (Lipinski definition) is 1. The number of amides is 1. The number of fused-ring (bicyclic) bond motifs is 1. The van der Waals surface area contributed by atoms with E-state index in [1.54, 1.807) is 13.3 Å². The van der Waals surface area contributed by atoms with Crippen LogP contribution < -0.4 is 14.9 Å². The average molecular weight is 559 g/mol. The number of ether oxygens (including phenoxy) is 3. The molecule has 0 bridgehead atoms. The molecule has 7 nitrogen and oxygen atoms in total. The Hall–Kier alpha value is -2.69. The van der Waals surface area contributed by atoms with Crippen LogP contribution >= 0.6 is 22.6 Å².